The van der Waals surface area contributed by atoms with Gasteiger partial charge in [-0.1, -0.05) is 0 Å². The number of benzene rings is 2. The number of ether oxygens (including phenoxy) is 1. The van der Waals surface area contributed by atoms with E-state index in [0.29, 0.717) is 11.4 Å². The Kier molecular flexibility index (Phi) is 4.65. The van der Waals surface area contributed by atoms with Crippen molar-refractivity contribution in [3.05, 3.63) is 59.7 Å². The van der Waals surface area contributed by atoms with Gasteiger partial charge in [-0.25, -0.2) is 8.78 Å². The third-order valence-electron chi connectivity index (χ3n) is 4.06. The Morgan fingerprint density at radius 2 is 1.76 bits per heavy atom. The molecule has 0 spiro atoms. The van der Waals surface area contributed by atoms with Crippen molar-refractivity contribution in [3.8, 4) is 5.75 Å². The molecule has 0 saturated carbocycles. The van der Waals surface area contributed by atoms with Crippen LogP contribution >= 0.6 is 0 Å². The predicted molar refractivity (Wildman–Crippen MR) is 87.4 cm³/mol. The molecule has 2 amide bonds. The summed E-state index contributed by atoms with van der Waals surface area (Å²) in [5.41, 5.74) is 0.698. The van der Waals surface area contributed by atoms with Gasteiger partial charge >= 0.3 is 0 Å². The van der Waals surface area contributed by atoms with Crippen molar-refractivity contribution in [2.45, 2.75) is 0 Å². The maximum absolute atomic E-state index is 13.2. The number of amides is 2. The molecule has 2 aromatic carbocycles. The fourth-order valence-corrected chi connectivity index (χ4v) is 2.54. The van der Waals surface area contributed by atoms with Gasteiger partial charge in [-0.2, -0.15) is 0 Å². The summed E-state index contributed by atoms with van der Waals surface area (Å²) in [7, 11) is 1.56. The standard InChI is InChI=1S/C18H16F2N2O3/c1-25-14-5-3-13(4-6-14)21-17(23)12-9-22(10-12)18(24)11-2-7-15(19)16(20)8-11/h2-8,12H,9-10H2,1H3,(H,21,23). The van der Waals surface area contributed by atoms with Gasteiger partial charge in [0.15, 0.2) is 11.6 Å². The van der Waals surface area contributed by atoms with E-state index in [1.807, 2.05) is 0 Å². The SMILES string of the molecule is COc1ccc(NC(=O)C2CN(C(=O)c3ccc(F)c(F)c3)C2)cc1. The molecule has 0 radical (unpaired) electrons. The van der Waals surface area contributed by atoms with Crippen LogP contribution in [0.3, 0.4) is 0 Å². The van der Waals surface area contributed by atoms with Crippen molar-refractivity contribution in [2.75, 3.05) is 25.5 Å². The molecular weight excluding hydrogens is 330 g/mol. The Labute approximate surface area is 143 Å². The first-order valence-corrected chi connectivity index (χ1v) is 7.67. The summed E-state index contributed by atoms with van der Waals surface area (Å²) in [5.74, 6) is -2.34. The van der Waals surface area contributed by atoms with Gasteiger partial charge in [-0.05, 0) is 42.5 Å². The van der Waals surface area contributed by atoms with Crippen LogP contribution in [0.15, 0.2) is 42.5 Å². The lowest BCUT2D eigenvalue weighted by Gasteiger charge is -2.38. The second-order valence-electron chi connectivity index (χ2n) is 5.75. The Hall–Kier alpha value is -2.96. The molecule has 25 heavy (non-hydrogen) atoms. The molecule has 0 bridgehead atoms. The van der Waals surface area contributed by atoms with E-state index in [1.165, 1.54) is 11.0 Å². The highest BCUT2D eigenvalue weighted by Gasteiger charge is 2.36. The van der Waals surface area contributed by atoms with Crippen LogP contribution < -0.4 is 10.1 Å². The van der Waals surface area contributed by atoms with Crippen LogP contribution in [0.4, 0.5) is 14.5 Å². The van der Waals surface area contributed by atoms with Crippen molar-refractivity contribution < 1.29 is 23.1 Å². The van der Waals surface area contributed by atoms with Gasteiger partial charge in [0, 0.05) is 24.3 Å². The maximum atomic E-state index is 13.2. The molecule has 1 aliphatic heterocycles. The Morgan fingerprint density at radius 1 is 1.08 bits per heavy atom. The first kappa shape index (κ1) is 16.9. The van der Waals surface area contributed by atoms with Gasteiger partial charge in [-0.3, -0.25) is 9.59 Å². The first-order valence-electron chi connectivity index (χ1n) is 7.67. The van der Waals surface area contributed by atoms with E-state index in [1.54, 1.807) is 31.4 Å². The van der Waals surface area contributed by atoms with Crippen LogP contribution in [0.25, 0.3) is 0 Å². The molecule has 1 heterocycles. The number of carbonyl (C=O) groups is 2. The molecule has 2 aromatic rings. The molecule has 1 aliphatic rings. The summed E-state index contributed by atoms with van der Waals surface area (Å²) >= 11 is 0. The Bertz CT molecular complexity index is 802. The number of hydrogen-bond acceptors (Lipinski definition) is 3. The number of hydrogen-bond donors (Lipinski definition) is 1. The molecule has 3 rings (SSSR count). The average molecular weight is 346 g/mol. The quantitative estimate of drug-likeness (QED) is 0.926. The van der Waals surface area contributed by atoms with E-state index in [-0.39, 0.29) is 30.5 Å². The van der Waals surface area contributed by atoms with E-state index >= 15 is 0 Å². The average Bonchev–Trinajstić information content (AvgIpc) is 2.56. The van der Waals surface area contributed by atoms with E-state index in [0.717, 1.165) is 12.1 Å². The van der Waals surface area contributed by atoms with Crippen LogP contribution in [0.2, 0.25) is 0 Å². The zero-order valence-electron chi connectivity index (χ0n) is 13.5. The van der Waals surface area contributed by atoms with Gasteiger partial charge in [0.05, 0.1) is 13.0 Å². The van der Waals surface area contributed by atoms with E-state index < -0.39 is 17.5 Å². The van der Waals surface area contributed by atoms with Crippen molar-refractivity contribution in [2.24, 2.45) is 5.92 Å². The normalized spacial score (nSPS) is 14.0. The van der Waals surface area contributed by atoms with Crippen LogP contribution in [0, 0.1) is 17.6 Å². The minimum atomic E-state index is -1.07. The van der Waals surface area contributed by atoms with Crippen molar-refractivity contribution >= 4 is 17.5 Å². The number of methoxy groups -OCH3 is 1. The molecule has 130 valence electrons. The lowest BCUT2D eigenvalue weighted by atomic mass is 9.97. The molecule has 0 atom stereocenters. The van der Waals surface area contributed by atoms with Crippen LogP contribution in [0.1, 0.15) is 10.4 Å². The zero-order chi connectivity index (χ0) is 18.0. The van der Waals surface area contributed by atoms with Crippen LogP contribution in [-0.2, 0) is 4.79 Å². The third kappa shape index (κ3) is 3.60. The summed E-state index contributed by atoms with van der Waals surface area (Å²) in [6.45, 7) is 0.472. The number of nitrogens with one attached hydrogen (secondary N) is 1. The molecule has 7 heteroatoms. The van der Waals surface area contributed by atoms with Crippen molar-refractivity contribution in [1.29, 1.82) is 0 Å². The first-order chi connectivity index (χ1) is 12.0. The minimum absolute atomic E-state index is 0.0629. The van der Waals surface area contributed by atoms with Gasteiger partial charge in [0.25, 0.3) is 5.91 Å². The lowest BCUT2D eigenvalue weighted by Crippen LogP contribution is -2.54. The highest BCUT2D eigenvalue weighted by molar-refractivity contribution is 5.98. The summed E-state index contributed by atoms with van der Waals surface area (Å²) in [6.07, 6.45) is 0. The number of nitrogens with zero attached hydrogens (tertiary/aromatic N) is 1. The van der Waals surface area contributed by atoms with Gasteiger partial charge < -0.3 is 15.0 Å². The number of halogens is 2. The summed E-state index contributed by atoms with van der Waals surface area (Å²) in [5, 5.41) is 2.77. The number of likely N-dealkylation sites (tertiary alicyclic amines) is 1. The fourth-order valence-electron chi connectivity index (χ4n) is 2.54. The predicted octanol–water partition coefficient (Wildman–Crippen LogP) is 2.68. The topological polar surface area (TPSA) is 58.6 Å². The molecule has 0 aromatic heterocycles. The summed E-state index contributed by atoms with van der Waals surface area (Å²) in [6, 6.07) is 9.91. The lowest BCUT2D eigenvalue weighted by molar-refractivity contribution is -0.123. The third-order valence-corrected chi connectivity index (χ3v) is 4.06. The monoisotopic (exact) mass is 346 g/mol. The number of carbonyl (C=O) groups excluding carboxylic acids is 2. The molecule has 0 aliphatic carbocycles. The van der Waals surface area contributed by atoms with Gasteiger partial charge in [-0.15, -0.1) is 0 Å². The molecule has 5 nitrogen and oxygen atoms in total. The van der Waals surface area contributed by atoms with E-state index in [9.17, 15) is 18.4 Å². The highest BCUT2D eigenvalue weighted by atomic mass is 19.2. The number of rotatable bonds is 4. The molecule has 1 fully saturated rings. The second-order valence-corrected chi connectivity index (χ2v) is 5.75. The largest absolute Gasteiger partial charge is 0.497 e. The highest BCUT2D eigenvalue weighted by Crippen LogP contribution is 2.22. The molecule has 0 unspecified atom stereocenters. The van der Waals surface area contributed by atoms with Gasteiger partial charge in [0.1, 0.15) is 5.75 Å². The maximum Gasteiger partial charge on any atom is 0.254 e. The zero-order valence-corrected chi connectivity index (χ0v) is 13.5. The second kappa shape index (κ2) is 6.88. The smallest absolute Gasteiger partial charge is 0.254 e. The summed E-state index contributed by atoms with van der Waals surface area (Å²) in [4.78, 5) is 25.8. The van der Waals surface area contributed by atoms with E-state index in [4.69, 9.17) is 4.74 Å². The fraction of sp³-hybridized carbons (Fsp3) is 0.222. The van der Waals surface area contributed by atoms with E-state index in [2.05, 4.69) is 5.32 Å². The Morgan fingerprint density at radius 3 is 2.36 bits per heavy atom. The van der Waals surface area contributed by atoms with Gasteiger partial charge in [0.2, 0.25) is 5.91 Å². The summed E-state index contributed by atoms with van der Waals surface area (Å²) < 4.78 is 31.2. The molecule has 1 N–H and O–H groups in total. The molecule has 1 saturated heterocycles. The minimum Gasteiger partial charge on any atom is -0.497 e. The van der Waals surface area contributed by atoms with Crippen LogP contribution in [0.5, 0.6) is 5.75 Å². The van der Waals surface area contributed by atoms with Crippen molar-refractivity contribution in [3.63, 3.8) is 0 Å². The molecular formula is C18H16F2N2O3. The van der Waals surface area contributed by atoms with Crippen molar-refractivity contribution in [1.82, 2.24) is 4.90 Å². The Balaban J connectivity index is 1.54. The number of anilines is 1. The van der Waals surface area contributed by atoms with Crippen LogP contribution in [-0.4, -0.2) is 36.9 Å².